The van der Waals surface area contributed by atoms with Crippen LogP contribution in [0.2, 0.25) is 0 Å². The van der Waals surface area contributed by atoms with Gasteiger partial charge < -0.3 is 29.9 Å². The summed E-state index contributed by atoms with van der Waals surface area (Å²) in [5.41, 5.74) is 0. The van der Waals surface area contributed by atoms with Crippen LogP contribution in [0.5, 0.6) is 0 Å². The van der Waals surface area contributed by atoms with Crippen LogP contribution in [0.25, 0.3) is 0 Å². The summed E-state index contributed by atoms with van der Waals surface area (Å²) in [6.45, 7) is -1.76. The SMILES string of the molecule is FC(F)(F)COCC1CO1.OCC(O)COOCC(O)CO. The third kappa shape index (κ3) is 15.9. The Balaban J connectivity index is 0.000000406. The van der Waals surface area contributed by atoms with Crippen LogP contribution in [0.15, 0.2) is 0 Å². The van der Waals surface area contributed by atoms with Gasteiger partial charge in [-0.3, -0.25) is 0 Å². The van der Waals surface area contributed by atoms with Gasteiger partial charge in [0.05, 0.1) is 26.4 Å². The van der Waals surface area contributed by atoms with Crippen LogP contribution in [-0.4, -0.2) is 91.2 Å². The number of epoxide rings is 1. The third-order valence-electron chi connectivity index (χ3n) is 2.00. The van der Waals surface area contributed by atoms with Crippen LogP contribution in [-0.2, 0) is 19.2 Å². The van der Waals surface area contributed by atoms with Crippen molar-refractivity contribution in [2.75, 3.05) is 46.2 Å². The zero-order valence-corrected chi connectivity index (χ0v) is 11.7. The number of hydrogen-bond donors (Lipinski definition) is 4. The summed E-state index contributed by atoms with van der Waals surface area (Å²) in [7, 11) is 0. The molecule has 0 amide bonds. The van der Waals surface area contributed by atoms with Crippen molar-refractivity contribution in [3.63, 3.8) is 0 Å². The summed E-state index contributed by atoms with van der Waals surface area (Å²) < 4.78 is 43.0. The lowest BCUT2D eigenvalue weighted by Gasteiger charge is -2.09. The first kappa shape index (κ1) is 21.5. The van der Waals surface area contributed by atoms with Crippen molar-refractivity contribution < 1.29 is 52.8 Å². The van der Waals surface area contributed by atoms with Gasteiger partial charge in [0, 0.05) is 0 Å². The summed E-state index contributed by atoms with van der Waals surface area (Å²) in [4.78, 5) is 8.76. The molecular formula is C11H21F3O8. The van der Waals surface area contributed by atoms with E-state index in [4.69, 9.17) is 20.4 Å². The van der Waals surface area contributed by atoms with E-state index in [2.05, 4.69) is 19.2 Å². The van der Waals surface area contributed by atoms with Crippen molar-refractivity contribution in [1.29, 1.82) is 0 Å². The molecule has 0 spiro atoms. The molecule has 0 aromatic carbocycles. The second-order valence-corrected chi connectivity index (χ2v) is 4.33. The van der Waals surface area contributed by atoms with Crippen LogP contribution in [0.3, 0.4) is 0 Å². The maximum Gasteiger partial charge on any atom is 0.411 e. The van der Waals surface area contributed by atoms with Crippen molar-refractivity contribution in [2.24, 2.45) is 0 Å². The smallest absolute Gasteiger partial charge is 0.394 e. The number of rotatable bonds is 10. The molecule has 134 valence electrons. The molecule has 0 aliphatic carbocycles. The minimum Gasteiger partial charge on any atom is -0.394 e. The van der Waals surface area contributed by atoms with E-state index < -0.39 is 38.2 Å². The van der Waals surface area contributed by atoms with E-state index in [0.717, 1.165) is 0 Å². The quantitative estimate of drug-likeness (QED) is 0.166. The largest absolute Gasteiger partial charge is 0.411 e. The van der Waals surface area contributed by atoms with Crippen molar-refractivity contribution >= 4 is 0 Å². The lowest BCUT2D eigenvalue weighted by molar-refractivity contribution is -0.316. The molecule has 1 heterocycles. The van der Waals surface area contributed by atoms with E-state index in [9.17, 15) is 13.2 Å². The molecule has 0 saturated carbocycles. The van der Waals surface area contributed by atoms with Gasteiger partial charge in [0.1, 0.15) is 38.1 Å². The number of hydrogen-bond acceptors (Lipinski definition) is 8. The Hall–Kier alpha value is -0.530. The molecule has 0 radical (unpaired) electrons. The highest BCUT2D eigenvalue weighted by molar-refractivity contribution is 4.67. The number of alkyl halides is 3. The van der Waals surface area contributed by atoms with Crippen molar-refractivity contribution in [3.05, 3.63) is 0 Å². The predicted molar refractivity (Wildman–Crippen MR) is 64.7 cm³/mol. The molecule has 22 heavy (non-hydrogen) atoms. The summed E-state index contributed by atoms with van der Waals surface area (Å²) >= 11 is 0. The average Bonchev–Trinajstić information content (AvgIpc) is 3.26. The molecule has 1 saturated heterocycles. The van der Waals surface area contributed by atoms with Crippen LogP contribution in [0.1, 0.15) is 0 Å². The predicted octanol–water partition coefficient (Wildman–Crippen LogP) is -1.39. The van der Waals surface area contributed by atoms with E-state index in [1.807, 2.05) is 0 Å². The molecule has 0 bridgehead atoms. The summed E-state index contributed by atoms with van der Waals surface area (Å²) in [5, 5.41) is 34.1. The van der Waals surface area contributed by atoms with Crippen LogP contribution in [0.4, 0.5) is 13.2 Å². The van der Waals surface area contributed by atoms with Gasteiger partial charge in [-0.1, -0.05) is 0 Å². The van der Waals surface area contributed by atoms with Crippen molar-refractivity contribution in [1.82, 2.24) is 0 Å². The van der Waals surface area contributed by atoms with Gasteiger partial charge in [0.25, 0.3) is 0 Å². The molecule has 0 aromatic rings. The number of ether oxygens (including phenoxy) is 2. The molecule has 1 rings (SSSR count). The molecule has 0 aromatic heterocycles. The van der Waals surface area contributed by atoms with Crippen LogP contribution < -0.4 is 0 Å². The van der Waals surface area contributed by atoms with Crippen LogP contribution >= 0.6 is 0 Å². The second kappa shape index (κ2) is 12.0. The Morgan fingerprint density at radius 1 is 1.05 bits per heavy atom. The first-order chi connectivity index (χ1) is 10.3. The highest BCUT2D eigenvalue weighted by atomic mass is 19.4. The molecule has 1 fully saturated rings. The Morgan fingerprint density at radius 3 is 1.82 bits per heavy atom. The molecule has 1 aliphatic heterocycles. The van der Waals surface area contributed by atoms with Gasteiger partial charge in [-0.15, -0.1) is 0 Å². The van der Waals surface area contributed by atoms with Gasteiger partial charge in [-0.05, 0) is 0 Å². The zero-order chi connectivity index (χ0) is 17.0. The van der Waals surface area contributed by atoms with E-state index >= 15 is 0 Å². The maximum atomic E-state index is 11.4. The normalized spacial score (nSPS) is 20.0. The Morgan fingerprint density at radius 2 is 1.50 bits per heavy atom. The first-order valence-electron chi connectivity index (χ1n) is 6.36. The number of aliphatic hydroxyl groups excluding tert-OH is 4. The Bertz CT molecular complexity index is 250. The van der Waals surface area contributed by atoms with Gasteiger partial charge in [0.2, 0.25) is 0 Å². The highest BCUT2D eigenvalue weighted by Crippen LogP contribution is 2.16. The fourth-order valence-electron chi connectivity index (χ4n) is 0.829. The van der Waals surface area contributed by atoms with Gasteiger partial charge in [-0.25, -0.2) is 9.78 Å². The fraction of sp³-hybridized carbons (Fsp3) is 1.00. The molecule has 4 N–H and O–H groups in total. The molecule has 3 atom stereocenters. The molecular weight excluding hydrogens is 317 g/mol. The second-order valence-electron chi connectivity index (χ2n) is 4.33. The highest BCUT2D eigenvalue weighted by Gasteiger charge is 2.30. The van der Waals surface area contributed by atoms with Gasteiger partial charge in [-0.2, -0.15) is 13.2 Å². The Labute approximate surface area is 124 Å². The van der Waals surface area contributed by atoms with Gasteiger partial charge in [0.15, 0.2) is 0 Å². The van der Waals surface area contributed by atoms with E-state index in [0.29, 0.717) is 6.61 Å². The van der Waals surface area contributed by atoms with Crippen molar-refractivity contribution in [3.8, 4) is 0 Å². The van der Waals surface area contributed by atoms with E-state index in [1.165, 1.54) is 0 Å². The minimum absolute atomic E-state index is 0.0551. The summed E-state index contributed by atoms with van der Waals surface area (Å²) in [5.74, 6) is 0. The van der Waals surface area contributed by atoms with Gasteiger partial charge >= 0.3 is 6.18 Å². The topological polar surface area (TPSA) is 121 Å². The molecule has 1 aliphatic rings. The van der Waals surface area contributed by atoms with E-state index in [-0.39, 0.29) is 25.9 Å². The lowest BCUT2D eigenvalue weighted by Crippen LogP contribution is -2.23. The average molecular weight is 338 g/mol. The third-order valence-corrected chi connectivity index (χ3v) is 2.00. The Kier molecular flexibility index (Phi) is 11.7. The van der Waals surface area contributed by atoms with Crippen molar-refractivity contribution in [2.45, 2.75) is 24.5 Å². The summed E-state index contributed by atoms with van der Waals surface area (Å²) in [6, 6.07) is 0. The monoisotopic (exact) mass is 338 g/mol. The first-order valence-corrected chi connectivity index (χ1v) is 6.36. The standard InChI is InChI=1S/C6H14O6.C5H7F3O2/c7-1-5(9)3-11-12-4-6(10)2-8;6-5(7,8)3-9-1-4-2-10-4/h5-10H,1-4H2;4H,1-3H2. The lowest BCUT2D eigenvalue weighted by atomic mass is 10.4. The number of aliphatic hydroxyl groups is 4. The zero-order valence-electron chi connectivity index (χ0n) is 11.7. The molecule has 11 heteroatoms. The van der Waals surface area contributed by atoms with Crippen LogP contribution in [0, 0.1) is 0 Å². The molecule has 8 nitrogen and oxygen atoms in total. The van der Waals surface area contributed by atoms with E-state index in [1.54, 1.807) is 0 Å². The summed E-state index contributed by atoms with van der Waals surface area (Å²) in [6.07, 6.45) is -6.29. The fourth-order valence-corrected chi connectivity index (χ4v) is 0.829. The maximum absolute atomic E-state index is 11.4. The number of halogens is 3. The minimum atomic E-state index is -4.21. The molecule has 3 unspecified atom stereocenters.